The maximum Gasteiger partial charge on any atom is 0.125 e. The molecule has 3 heteroatoms. The second-order valence-corrected chi connectivity index (χ2v) is 6.31. The number of nitriles is 1. The molecule has 1 saturated carbocycles. The van der Waals surface area contributed by atoms with Crippen LogP contribution in [0, 0.1) is 17.2 Å². The first-order valence-corrected chi connectivity index (χ1v) is 7.21. The van der Waals surface area contributed by atoms with Gasteiger partial charge in [-0.2, -0.15) is 5.26 Å². The summed E-state index contributed by atoms with van der Waals surface area (Å²) in [6.45, 7) is 4.94. The summed E-state index contributed by atoms with van der Waals surface area (Å²) in [5, 5.41) is 9.44. The van der Waals surface area contributed by atoms with Crippen molar-refractivity contribution >= 4 is 15.9 Å². The molecule has 2 rings (SSSR count). The SMILES string of the molecule is CC(C)COc1cc(Br)ccc1C1(C#N)CCC1. The van der Waals surface area contributed by atoms with E-state index in [4.69, 9.17) is 4.74 Å². The number of ether oxygens (including phenoxy) is 1. The third-order valence-electron chi connectivity index (χ3n) is 3.45. The summed E-state index contributed by atoms with van der Waals surface area (Å²) in [4.78, 5) is 0. The van der Waals surface area contributed by atoms with Crippen molar-refractivity contribution in [1.29, 1.82) is 5.26 Å². The zero-order valence-electron chi connectivity index (χ0n) is 10.9. The van der Waals surface area contributed by atoms with Gasteiger partial charge in [0.25, 0.3) is 0 Å². The third kappa shape index (κ3) is 2.54. The van der Waals surface area contributed by atoms with Crippen LogP contribution < -0.4 is 4.74 Å². The number of nitrogens with zero attached hydrogens (tertiary/aromatic N) is 1. The normalized spacial score (nSPS) is 17.1. The summed E-state index contributed by atoms with van der Waals surface area (Å²) in [5.74, 6) is 1.34. The van der Waals surface area contributed by atoms with Crippen LogP contribution in [0.4, 0.5) is 0 Å². The van der Waals surface area contributed by atoms with Crippen molar-refractivity contribution in [3.05, 3.63) is 28.2 Å². The van der Waals surface area contributed by atoms with Crippen LogP contribution in [0.25, 0.3) is 0 Å². The fourth-order valence-corrected chi connectivity index (χ4v) is 2.58. The Morgan fingerprint density at radius 1 is 1.44 bits per heavy atom. The Bertz CT molecular complexity index is 472. The third-order valence-corrected chi connectivity index (χ3v) is 3.95. The van der Waals surface area contributed by atoms with Gasteiger partial charge in [0, 0.05) is 10.0 Å². The molecule has 0 atom stereocenters. The smallest absolute Gasteiger partial charge is 0.125 e. The first kappa shape index (κ1) is 13.4. The van der Waals surface area contributed by atoms with Gasteiger partial charge in [-0.3, -0.25) is 0 Å². The Kier molecular flexibility index (Phi) is 3.97. The Balaban J connectivity index is 2.32. The van der Waals surface area contributed by atoms with Gasteiger partial charge in [0.1, 0.15) is 5.75 Å². The Morgan fingerprint density at radius 3 is 2.67 bits per heavy atom. The second-order valence-electron chi connectivity index (χ2n) is 5.39. The van der Waals surface area contributed by atoms with Crippen LogP contribution in [0.15, 0.2) is 22.7 Å². The molecule has 1 fully saturated rings. The van der Waals surface area contributed by atoms with E-state index in [1.165, 1.54) is 0 Å². The summed E-state index contributed by atoms with van der Waals surface area (Å²) in [7, 11) is 0. The summed E-state index contributed by atoms with van der Waals surface area (Å²) in [6.07, 6.45) is 3.03. The van der Waals surface area contributed by atoms with Crippen LogP contribution in [0.5, 0.6) is 5.75 Å². The van der Waals surface area contributed by atoms with Crippen molar-refractivity contribution in [2.45, 2.75) is 38.5 Å². The summed E-state index contributed by atoms with van der Waals surface area (Å²) in [5.41, 5.74) is 0.743. The maximum absolute atomic E-state index is 9.44. The predicted molar refractivity (Wildman–Crippen MR) is 75.6 cm³/mol. The van der Waals surface area contributed by atoms with Crippen LogP contribution in [0.1, 0.15) is 38.7 Å². The molecular weight excluding hydrogens is 290 g/mol. The highest BCUT2D eigenvalue weighted by molar-refractivity contribution is 9.10. The zero-order valence-corrected chi connectivity index (χ0v) is 12.5. The lowest BCUT2D eigenvalue weighted by Gasteiger charge is -2.36. The summed E-state index contributed by atoms with van der Waals surface area (Å²) >= 11 is 3.47. The molecule has 1 aromatic carbocycles. The number of hydrogen-bond donors (Lipinski definition) is 0. The molecule has 0 spiro atoms. The van der Waals surface area contributed by atoms with Gasteiger partial charge >= 0.3 is 0 Å². The van der Waals surface area contributed by atoms with Crippen LogP contribution in [0.3, 0.4) is 0 Å². The molecule has 1 aliphatic carbocycles. The topological polar surface area (TPSA) is 33.0 Å². The monoisotopic (exact) mass is 307 g/mol. The quantitative estimate of drug-likeness (QED) is 0.824. The standard InChI is InChI=1S/C15H18BrNO/c1-11(2)9-18-14-8-12(16)4-5-13(14)15(10-17)6-3-7-15/h4-5,8,11H,3,6-7,9H2,1-2H3. The first-order chi connectivity index (χ1) is 8.57. The van der Waals surface area contributed by atoms with Crippen LogP contribution in [0.2, 0.25) is 0 Å². The molecule has 0 aliphatic heterocycles. The average Bonchev–Trinajstić information content (AvgIpc) is 2.28. The van der Waals surface area contributed by atoms with Crippen molar-refractivity contribution in [3.63, 3.8) is 0 Å². The van der Waals surface area contributed by atoms with E-state index in [0.717, 1.165) is 35.0 Å². The highest BCUT2D eigenvalue weighted by Gasteiger charge is 2.41. The number of rotatable bonds is 4. The molecule has 1 aliphatic rings. The molecular formula is C15H18BrNO. The van der Waals surface area contributed by atoms with Crippen molar-refractivity contribution in [2.24, 2.45) is 5.92 Å². The van der Waals surface area contributed by atoms with Crippen molar-refractivity contribution < 1.29 is 4.74 Å². The minimum Gasteiger partial charge on any atom is -0.493 e. The molecule has 0 aromatic heterocycles. The molecule has 1 aromatic rings. The molecule has 0 bridgehead atoms. The minimum atomic E-state index is -0.312. The van der Waals surface area contributed by atoms with E-state index >= 15 is 0 Å². The van der Waals surface area contributed by atoms with E-state index in [1.807, 2.05) is 18.2 Å². The fraction of sp³-hybridized carbons (Fsp3) is 0.533. The van der Waals surface area contributed by atoms with Gasteiger partial charge in [0.15, 0.2) is 0 Å². The average molecular weight is 308 g/mol. The van der Waals surface area contributed by atoms with Gasteiger partial charge in [-0.15, -0.1) is 0 Å². The van der Waals surface area contributed by atoms with Gasteiger partial charge in [-0.05, 0) is 37.3 Å². The molecule has 2 nitrogen and oxygen atoms in total. The fourth-order valence-electron chi connectivity index (χ4n) is 2.24. The molecule has 96 valence electrons. The van der Waals surface area contributed by atoms with Gasteiger partial charge in [-0.1, -0.05) is 35.8 Å². The largest absolute Gasteiger partial charge is 0.493 e. The Labute approximate surface area is 117 Å². The summed E-state index contributed by atoms with van der Waals surface area (Å²) < 4.78 is 6.88. The predicted octanol–water partition coefficient (Wildman–Crippen LogP) is 4.43. The number of benzene rings is 1. The Hall–Kier alpha value is -1.01. The van der Waals surface area contributed by atoms with E-state index in [0.29, 0.717) is 12.5 Å². The first-order valence-electron chi connectivity index (χ1n) is 6.41. The molecule has 0 radical (unpaired) electrons. The van der Waals surface area contributed by atoms with Gasteiger partial charge in [0.2, 0.25) is 0 Å². The molecule has 18 heavy (non-hydrogen) atoms. The molecule has 0 unspecified atom stereocenters. The molecule has 0 amide bonds. The Morgan fingerprint density at radius 2 is 2.17 bits per heavy atom. The van der Waals surface area contributed by atoms with Crippen LogP contribution in [-0.4, -0.2) is 6.61 Å². The summed E-state index contributed by atoms with van der Waals surface area (Å²) in [6, 6.07) is 8.49. The van der Waals surface area contributed by atoms with Gasteiger partial charge in [-0.25, -0.2) is 0 Å². The van der Waals surface area contributed by atoms with E-state index in [9.17, 15) is 5.26 Å². The van der Waals surface area contributed by atoms with Gasteiger partial charge < -0.3 is 4.74 Å². The molecule has 0 N–H and O–H groups in total. The number of halogens is 1. The second kappa shape index (κ2) is 5.32. The number of hydrogen-bond acceptors (Lipinski definition) is 2. The van der Waals surface area contributed by atoms with Crippen LogP contribution >= 0.6 is 15.9 Å². The van der Waals surface area contributed by atoms with Gasteiger partial charge in [0.05, 0.1) is 18.1 Å². The lowest BCUT2D eigenvalue weighted by atomic mass is 9.65. The van der Waals surface area contributed by atoms with E-state index in [-0.39, 0.29) is 5.41 Å². The van der Waals surface area contributed by atoms with Crippen molar-refractivity contribution in [2.75, 3.05) is 6.61 Å². The van der Waals surface area contributed by atoms with Crippen molar-refractivity contribution in [1.82, 2.24) is 0 Å². The molecule has 0 heterocycles. The maximum atomic E-state index is 9.44. The van der Waals surface area contributed by atoms with Crippen molar-refractivity contribution in [3.8, 4) is 11.8 Å². The van der Waals surface area contributed by atoms with E-state index in [1.54, 1.807) is 0 Å². The van der Waals surface area contributed by atoms with Crippen LogP contribution in [-0.2, 0) is 5.41 Å². The zero-order chi connectivity index (χ0) is 13.2. The van der Waals surface area contributed by atoms with E-state index in [2.05, 4.69) is 35.8 Å². The lowest BCUT2D eigenvalue weighted by Crippen LogP contribution is -2.33. The minimum absolute atomic E-state index is 0.312. The highest BCUT2D eigenvalue weighted by Crippen LogP contribution is 2.47. The molecule has 0 saturated heterocycles. The lowest BCUT2D eigenvalue weighted by molar-refractivity contribution is 0.252. The van der Waals surface area contributed by atoms with E-state index < -0.39 is 0 Å². The highest BCUT2D eigenvalue weighted by atomic mass is 79.9.